The van der Waals surface area contributed by atoms with E-state index >= 15 is 0 Å². The van der Waals surface area contributed by atoms with Crippen LogP contribution in [0.25, 0.3) is 16.6 Å². The zero-order valence-electron chi connectivity index (χ0n) is 16.5. The minimum absolute atomic E-state index is 0.0678. The van der Waals surface area contributed by atoms with Gasteiger partial charge in [-0.05, 0) is 43.5 Å². The summed E-state index contributed by atoms with van der Waals surface area (Å²) in [6, 6.07) is 17.0. The van der Waals surface area contributed by atoms with Gasteiger partial charge in [-0.3, -0.25) is 14.3 Å². The fourth-order valence-corrected chi connectivity index (χ4v) is 4.51. The van der Waals surface area contributed by atoms with Gasteiger partial charge < -0.3 is 4.90 Å². The van der Waals surface area contributed by atoms with Gasteiger partial charge in [0.2, 0.25) is 0 Å². The van der Waals surface area contributed by atoms with Crippen LogP contribution in [0.3, 0.4) is 0 Å². The molecule has 6 heteroatoms. The second-order valence-electron chi connectivity index (χ2n) is 7.53. The Labute approximate surface area is 168 Å². The van der Waals surface area contributed by atoms with E-state index in [1.165, 1.54) is 11.6 Å². The largest absolute Gasteiger partial charge is 0.310 e. The monoisotopic (exact) mass is 386 g/mol. The van der Waals surface area contributed by atoms with Crippen LogP contribution in [0.5, 0.6) is 0 Å². The SMILES string of the molecule is CCC(C(=O)N1CCc2ccccc21)n1c2ccccc2c2nc(=O)cc(C)n21. The van der Waals surface area contributed by atoms with Gasteiger partial charge in [0.1, 0.15) is 6.04 Å². The molecule has 1 aliphatic rings. The van der Waals surface area contributed by atoms with E-state index in [4.69, 9.17) is 0 Å². The summed E-state index contributed by atoms with van der Waals surface area (Å²) in [5, 5.41) is 0.876. The second kappa shape index (κ2) is 6.58. The summed E-state index contributed by atoms with van der Waals surface area (Å²) >= 11 is 0. The molecule has 0 fully saturated rings. The number of para-hydroxylation sites is 2. The first-order chi connectivity index (χ1) is 14.1. The van der Waals surface area contributed by atoms with Crippen molar-refractivity contribution in [2.45, 2.75) is 32.7 Å². The van der Waals surface area contributed by atoms with E-state index < -0.39 is 6.04 Å². The molecule has 1 atom stereocenters. The smallest absolute Gasteiger partial charge is 0.273 e. The molecule has 5 rings (SSSR count). The first-order valence-corrected chi connectivity index (χ1v) is 9.99. The quantitative estimate of drug-likeness (QED) is 0.541. The number of hydrogen-bond donors (Lipinski definition) is 0. The predicted molar refractivity (Wildman–Crippen MR) is 114 cm³/mol. The summed E-state index contributed by atoms with van der Waals surface area (Å²) in [5.74, 6) is 0.0678. The van der Waals surface area contributed by atoms with E-state index in [0.29, 0.717) is 18.6 Å². The van der Waals surface area contributed by atoms with Crippen LogP contribution in [-0.4, -0.2) is 26.6 Å². The molecule has 2 aromatic heterocycles. The Bertz CT molecular complexity index is 1320. The van der Waals surface area contributed by atoms with Gasteiger partial charge in [-0.15, -0.1) is 0 Å². The maximum Gasteiger partial charge on any atom is 0.273 e. The first-order valence-electron chi connectivity index (χ1n) is 9.99. The number of hydrogen-bond acceptors (Lipinski definition) is 3. The maximum absolute atomic E-state index is 13.7. The summed E-state index contributed by atoms with van der Waals surface area (Å²) in [5.41, 5.74) is 4.21. The van der Waals surface area contributed by atoms with E-state index in [0.717, 1.165) is 28.7 Å². The van der Waals surface area contributed by atoms with Gasteiger partial charge in [0.05, 0.1) is 5.52 Å². The fraction of sp³-hybridized carbons (Fsp3) is 0.261. The minimum Gasteiger partial charge on any atom is -0.310 e. The molecule has 3 heterocycles. The number of carbonyl (C=O) groups excluding carboxylic acids is 1. The van der Waals surface area contributed by atoms with Crippen molar-refractivity contribution in [1.82, 2.24) is 14.2 Å². The summed E-state index contributed by atoms with van der Waals surface area (Å²) in [6.45, 7) is 4.60. The molecule has 0 radical (unpaired) electrons. The Morgan fingerprint density at radius 3 is 2.72 bits per heavy atom. The first kappa shape index (κ1) is 17.7. The lowest BCUT2D eigenvalue weighted by atomic mass is 10.1. The number of nitrogens with zero attached hydrogens (tertiary/aromatic N) is 4. The average molecular weight is 386 g/mol. The normalized spacial score (nSPS) is 14.5. The second-order valence-corrected chi connectivity index (χ2v) is 7.53. The molecule has 0 N–H and O–H groups in total. The van der Waals surface area contributed by atoms with Gasteiger partial charge in [0.25, 0.3) is 11.5 Å². The van der Waals surface area contributed by atoms with E-state index in [-0.39, 0.29) is 11.5 Å². The summed E-state index contributed by atoms with van der Waals surface area (Å²) in [4.78, 5) is 31.9. The summed E-state index contributed by atoms with van der Waals surface area (Å²) < 4.78 is 3.93. The Hall–Kier alpha value is -3.41. The van der Waals surface area contributed by atoms with Crippen molar-refractivity contribution in [1.29, 1.82) is 0 Å². The van der Waals surface area contributed by atoms with E-state index in [1.807, 2.05) is 70.4 Å². The van der Waals surface area contributed by atoms with E-state index in [9.17, 15) is 9.59 Å². The van der Waals surface area contributed by atoms with Crippen LogP contribution in [0.4, 0.5) is 5.69 Å². The molecule has 2 aromatic carbocycles. The molecule has 0 saturated carbocycles. The molecule has 1 unspecified atom stereocenters. The van der Waals surface area contributed by atoms with Crippen LogP contribution < -0.4 is 10.5 Å². The van der Waals surface area contributed by atoms with Gasteiger partial charge in [-0.1, -0.05) is 37.3 Å². The van der Waals surface area contributed by atoms with Crippen LogP contribution in [0.15, 0.2) is 59.4 Å². The van der Waals surface area contributed by atoms with Crippen LogP contribution in [0.1, 0.15) is 30.6 Å². The van der Waals surface area contributed by atoms with Crippen molar-refractivity contribution in [3.05, 3.63) is 76.2 Å². The van der Waals surface area contributed by atoms with Crippen molar-refractivity contribution in [3.63, 3.8) is 0 Å². The van der Waals surface area contributed by atoms with Crippen molar-refractivity contribution >= 4 is 28.1 Å². The molecular weight excluding hydrogens is 364 g/mol. The third-order valence-electron chi connectivity index (χ3n) is 5.81. The van der Waals surface area contributed by atoms with Crippen molar-refractivity contribution < 1.29 is 4.79 Å². The summed E-state index contributed by atoms with van der Waals surface area (Å²) in [7, 11) is 0. The third kappa shape index (κ3) is 2.59. The topological polar surface area (TPSA) is 59.6 Å². The highest BCUT2D eigenvalue weighted by atomic mass is 16.2. The molecule has 146 valence electrons. The molecule has 4 aromatic rings. The summed E-state index contributed by atoms with van der Waals surface area (Å²) in [6.07, 6.45) is 1.51. The molecule has 1 aliphatic heterocycles. The lowest BCUT2D eigenvalue weighted by Crippen LogP contribution is -2.37. The lowest BCUT2D eigenvalue weighted by molar-refractivity contribution is -0.122. The van der Waals surface area contributed by atoms with E-state index in [1.54, 1.807) is 0 Å². The van der Waals surface area contributed by atoms with Crippen LogP contribution in [0.2, 0.25) is 0 Å². The zero-order chi connectivity index (χ0) is 20.1. The highest BCUT2D eigenvalue weighted by Gasteiger charge is 2.32. The standard InChI is InChI=1S/C23H22N4O2/c1-3-18(23(29)25-13-12-16-8-4-6-10-19(16)25)27-20-11-7-5-9-17(20)22-24-21(28)14-15(2)26(22)27/h4-11,14,18H,3,12-13H2,1-2H3. The molecule has 0 spiro atoms. The Morgan fingerprint density at radius 1 is 1.14 bits per heavy atom. The highest BCUT2D eigenvalue weighted by Crippen LogP contribution is 2.32. The number of aryl methyl sites for hydroxylation is 1. The number of aromatic nitrogens is 3. The van der Waals surface area contributed by atoms with Gasteiger partial charge in [0.15, 0.2) is 5.65 Å². The molecule has 29 heavy (non-hydrogen) atoms. The number of rotatable bonds is 3. The van der Waals surface area contributed by atoms with Gasteiger partial charge in [-0.2, -0.15) is 4.98 Å². The number of amides is 1. The van der Waals surface area contributed by atoms with Gasteiger partial charge in [-0.25, -0.2) is 4.52 Å². The average Bonchev–Trinajstić information content (AvgIpc) is 3.29. The molecule has 6 nitrogen and oxygen atoms in total. The maximum atomic E-state index is 13.7. The minimum atomic E-state index is -0.397. The van der Waals surface area contributed by atoms with Crippen molar-refractivity contribution in [2.24, 2.45) is 0 Å². The van der Waals surface area contributed by atoms with Crippen molar-refractivity contribution in [2.75, 3.05) is 11.4 Å². The Kier molecular flexibility index (Phi) is 4.01. The number of carbonyl (C=O) groups is 1. The van der Waals surface area contributed by atoms with E-state index in [2.05, 4.69) is 11.1 Å². The molecule has 0 saturated heterocycles. The predicted octanol–water partition coefficient (Wildman–Crippen LogP) is 3.50. The van der Waals surface area contributed by atoms with Crippen LogP contribution in [-0.2, 0) is 11.2 Å². The number of fused-ring (bicyclic) bond motifs is 4. The van der Waals surface area contributed by atoms with Crippen LogP contribution in [0, 0.1) is 6.92 Å². The highest BCUT2D eigenvalue weighted by molar-refractivity contribution is 6.00. The molecule has 1 amide bonds. The molecular formula is C23H22N4O2. The zero-order valence-corrected chi connectivity index (χ0v) is 16.5. The van der Waals surface area contributed by atoms with Gasteiger partial charge in [0, 0.05) is 29.4 Å². The fourth-order valence-electron chi connectivity index (χ4n) is 4.51. The molecule has 0 aliphatic carbocycles. The number of benzene rings is 2. The number of anilines is 1. The Balaban J connectivity index is 1.73. The molecule has 0 bridgehead atoms. The van der Waals surface area contributed by atoms with Gasteiger partial charge >= 0.3 is 0 Å². The van der Waals surface area contributed by atoms with Crippen LogP contribution >= 0.6 is 0 Å². The third-order valence-corrected chi connectivity index (χ3v) is 5.81. The lowest BCUT2D eigenvalue weighted by Gasteiger charge is -2.26. The Morgan fingerprint density at radius 2 is 1.90 bits per heavy atom. The van der Waals surface area contributed by atoms with Crippen molar-refractivity contribution in [3.8, 4) is 0 Å².